The summed E-state index contributed by atoms with van der Waals surface area (Å²) in [5.41, 5.74) is 3.11. The van der Waals surface area contributed by atoms with Crippen molar-refractivity contribution in [3.63, 3.8) is 0 Å². The Morgan fingerprint density at radius 3 is 2.52 bits per heavy atom. The Morgan fingerprint density at radius 1 is 1.38 bits per heavy atom. The van der Waals surface area contributed by atoms with E-state index in [0.29, 0.717) is 17.3 Å². The second-order valence-corrected chi connectivity index (χ2v) is 8.89. The van der Waals surface area contributed by atoms with Gasteiger partial charge >= 0.3 is 0 Å². The summed E-state index contributed by atoms with van der Waals surface area (Å²) in [6.07, 6.45) is 0.639. The summed E-state index contributed by atoms with van der Waals surface area (Å²) in [5, 5.41) is 4.35. The largest absolute Gasteiger partial charge is 0.272 e. The number of hydrogen-bond acceptors (Lipinski definition) is 4. The van der Waals surface area contributed by atoms with Gasteiger partial charge in [-0.3, -0.25) is 4.68 Å². The van der Waals surface area contributed by atoms with Gasteiger partial charge in [-0.05, 0) is 38.0 Å². The van der Waals surface area contributed by atoms with Crippen molar-refractivity contribution in [2.75, 3.05) is 13.6 Å². The molecule has 0 bridgehead atoms. The Hall–Kier alpha value is -0.890. The second kappa shape index (κ2) is 6.08. The van der Waals surface area contributed by atoms with Crippen molar-refractivity contribution in [3.8, 4) is 0 Å². The molecule has 8 heteroatoms. The summed E-state index contributed by atoms with van der Waals surface area (Å²) in [7, 11) is 0.00913. The Morgan fingerprint density at radius 2 is 2.05 bits per heavy atom. The normalized spacial score (nSPS) is 12.3. The van der Waals surface area contributed by atoms with Gasteiger partial charge in [0.05, 0.1) is 10.0 Å². The minimum atomic E-state index is -3.47. The number of thiophene rings is 1. The molecule has 2 rings (SSSR count). The number of nitrogens with zero attached hydrogens (tertiary/aromatic N) is 3. The van der Waals surface area contributed by atoms with Crippen LogP contribution in [0.4, 0.5) is 0 Å². The smallest absolute Gasteiger partial charge is 0.252 e. The van der Waals surface area contributed by atoms with E-state index < -0.39 is 10.0 Å². The van der Waals surface area contributed by atoms with Gasteiger partial charge in [0.15, 0.2) is 0 Å². The number of hydrogen-bond donors (Lipinski definition) is 0. The van der Waals surface area contributed by atoms with Crippen LogP contribution in [0.2, 0.25) is 4.34 Å². The first kappa shape index (κ1) is 16.5. The quantitative estimate of drug-likeness (QED) is 0.835. The number of halogens is 1. The van der Waals surface area contributed by atoms with Crippen LogP contribution in [0.15, 0.2) is 16.3 Å². The van der Waals surface area contributed by atoms with Crippen molar-refractivity contribution in [1.29, 1.82) is 0 Å². The summed E-state index contributed by atoms with van der Waals surface area (Å²) in [6.45, 7) is 4.34. The lowest BCUT2D eigenvalue weighted by Gasteiger charge is -2.16. The van der Waals surface area contributed by atoms with E-state index in [4.69, 9.17) is 11.6 Å². The Balaban J connectivity index is 2.13. The van der Waals surface area contributed by atoms with Gasteiger partial charge < -0.3 is 0 Å². The van der Waals surface area contributed by atoms with Crippen LogP contribution >= 0.6 is 22.9 Å². The lowest BCUT2D eigenvalue weighted by molar-refractivity contribution is 0.473. The fraction of sp³-hybridized carbons (Fsp3) is 0.462. The monoisotopic (exact) mass is 347 g/mol. The van der Waals surface area contributed by atoms with Gasteiger partial charge in [-0.25, -0.2) is 8.42 Å². The number of aryl methyl sites for hydroxylation is 2. The molecule has 0 atom stereocenters. The van der Waals surface area contributed by atoms with E-state index >= 15 is 0 Å². The molecule has 0 aliphatic rings. The van der Waals surface area contributed by atoms with Gasteiger partial charge in [-0.1, -0.05) is 11.6 Å². The average molecular weight is 348 g/mol. The zero-order valence-corrected chi connectivity index (χ0v) is 14.8. The highest BCUT2D eigenvalue weighted by molar-refractivity contribution is 7.91. The third kappa shape index (κ3) is 3.31. The lowest BCUT2D eigenvalue weighted by atomic mass is 10.1. The fourth-order valence-electron chi connectivity index (χ4n) is 2.16. The minimum Gasteiger partial charge on any atom is -0.272 e. The molecule has 2 aromatic heterocycles. The highest BCUT2D eigenvalue weighted by Gasteiger charge is 2.23. The van der Waals surface area contributed by atoms with Crippen LogP contribution in [0.5, 0.6) is 0 Å². The number of likely N-dealkylation sites (N-methyl/N-ethyl adjacent to an activating group) is 1. The number of rotatable bonds is 5. The van der Waals surface area contributed by atoms with Gasteiger partial charge in [-0.15, -0.1) is 11.3 Å². The summed E-state index contributed by atoms with van der Waals surface area (Å²) in [6, 6.07) is 3.14. The molecule has 0 amide bonds. The molecule has 0 saturated heterocycles. The molecule has 0 unspecified atom stereocenters. The molecule has 0 spiro atoms. The van der Waals surface area contributed by atoms with Gasteiger partial charge in [0, 0.05) is 26.3 Å². The molecule has 0 saturated carbocycles. The first-order chi connectivity index (χ1) is 9.73. The zero-order chi connectivity index (χ0) is 15.8. The van der Waals surface area contributed by atoms with Crippen LogP contribution in [0, 0.1) is 13.8 Å². The van der Waals surface area contributed by atoms with Crippen molar-refractivity contribution < 1.29 is 8.42 Å². The molecule has 5 nitrogen and oxygen atoms in total. The Bertz CT molecular complexity index is 750. The molecule has 0 radical (unpaired) electrons. The van der Waals surface area contributed by atoms with Gasteiger partial charge in [0.25, 0.3) is 10.0 Å². The summed E-state index contributed by atoms with van der Waals surface area (Å²) >= 11 is 6.89. The molecule has 0 N–H and O–H groups in total. The maximum absolute atomic E-state index is 12.4. The summed E-state index contributed by atoms with van der Waals surface area (Å²) in [4.78, 5) is 0. The topological polar surface area (TPSA) is 55.2 Å². The first-order valence-corrected chi connectivity index (χ1v) is 9.07. The van der Waals surface area contributed by atoms with E-state index in [2.05, 4.69) is 5.10 Å². The maximum atomic E-state index is 12.4. The van der Waals surface area contributed by atoms with Crippen molar-refractivity contribution in [2.24, 2.45) is 7.05 Å². The van der Waals surface area contributed by atoms with Crippen molar-refractivity contribution in [2.45, 2.75) is 24.5 Å². The third-order valence-corrected chi connectivity index (χ3v) is 7.10. The van der Waals surface area contributed by atoms with Crippen molar-refractivity contribution >= 4 is 33.0 Å². The average Bonchev–Trinajstić information content (AvgIpc) is 2.94. The Labute approximate surface area is 134 Å². The van der Waals surface area contributed by atoms with E-state index in [1.54, 1.807) is 19.2 Å². The van der Waals surface area contributed by atoms with Crippen LogP contribution in [-0.2, 0) is 23.5 Å². The van der Waals surface area contributed by atoms with Crippen LogP contribution in [-0.4, -0.2) is 36.1 Å². The van der Waals surface area contributed by atoms with E-state index in [1.165, 1.54) is 4.31 Å². The van der Waals surface area contributed by atoms with E-state index in [-0.39, 0.29) is 4.21 Å². The molecule has 0 aromatic carbocycles. The van der Waals surface area contributed by atoms with Gasteiger partial charge in [0.2, 0.25) is 0 Å². The second-order valence-electron chi connectivity index (χ2n) is 4.91. The molecule has 0 aliphatic carbocycles. The summed E-state index contributed by atoms with van der Waals surface area (Å²) < 4.78 is 28.7. The van der Waals surface area contributed by atoms with E-state index in [9.17, 15) is 8.42 Å². The highest BCUT2D eigenvalue weighted by atomic mass is 35.5. The van der Waals surface area contributed by atoms with Crippen LogP contribution in [0.3, 0.4) is 0 Å². The number of sulfonamides is 1. The van der Waals surface area contributed by atoms with Gasteiger partial charge in [-0.2, -0.15) is 9.40 Å². The van der Waals surface area contributed by atoms with Crippen LogP contribution in [0.25, 0.3) is 0 Å². The van der Waals surface area contributed by atoms with E-state index in [1.807, 2.05) is 25.6 Å². The summed E-state index contributed by atoms with van der Waals surface area (Å²) in [5.74, 6) is 0. The third-order valence-electron chi connectivity index (χ3n) is 3.55. The van der Waals surface area contributed by atoms with E-state index in [0.717, 1.165) is 28.3 Å². The van der Waals surface area contributed by atoms with Crippen LogP contribution in [0.1, 0.15) is 17.0 Å². The molecule has 0 aliphatic heterocycles. The van der Waals surface area contributed by atoms with Gasteiger partial charge in [0.1, 0.15) is 4.21 Å². The fourth-order valence-corrected chi connectivity index (χ4v) is 5.02. The molecule has 2 aromatic rings. The molecule has 2 heterocycles. The highest BCUT2D eigenvalue weighted by Crippen LogP contribution is 2.27. The number of aromatic nitrogens is 2. The predicted octanol–water partition coefficient (Wildman–Crippen LogP) is 2.62. The SMILES string of the molecule is Cc1nn(C)c(C)c1CCN(C)S(=O)(=O)c1ccc(Cl)s1. The van der Waals surface area contributed by atoms with Crippen molar-refractivity contribution in [3.05, 3.63) is 33.4 Å². The Kier molecular flexibility index (Phi) is 4.77. The molecule has 116 valence electrons. The van der Waals surface area contributed by atoms with Crippen LogP contribution < -0.4 is 0 Å². The minimum absolute atomic E-state index is 0.273. The molecule has 0 fully saturated rings. The molecular weight excluding hydrogens is 330 g/mol. The maximum Gasteiger partial charge on any atom is 0.252 e. The molecular formula is C13H18ClN3O2S2. The first-order valence-electron chi connectivity index (χ1n) is 6.44. The standard InChI is InChI=1S/C13H18ClN3O2S2/c1-9-11(10(2)17(4)15-9)7-8-16(3)21(18,19)13-6-5-12(14)20-13/h5-6H,7-8H2,1-4H3. The van der Waals surface area contributed by atoms with Crippen molar-refractivity contribution in [1.82, 2.24) is 14.1 Å². The molecule has 21 heavy (non-hydrogen) atoms. The zero-order valence-electron chi connectivity index (χ0n) is 12.4. The lowest BCUT2D eigenvalue weighted by Crippen LogP contribution is -2.28. The predicted molar refractivity (Wildman–Crippen MR) is 85.5 cm³/mol.